The zero-order chi connectivity index (χ0) is 14.9. The summed E-state index contributed by atoms with van der Waals surface area (Å²) in [6, 6.07) is 19.4. The van der Waals surface area contributed by atoms with E-state index in [0.29, 0.717) is 13.1 Å². The Balaban J connectivity index is 1.99. The molecule has 3 N–H and O–H groups in total. The number of benzene rings is 2. The molecule has 0 unspecified atom stereocenters. The lowest BCUT2D eigenvalue weighted by Gasteiger charge is -2.24. The second-order valence-electron chi connectivity index (χ2n) is 4.81. The molecule has 0 heterocycles. The molecule has 4 nitrogen and oxygen atoms in total. The minimum Gasteiger partial charge on any atom is -0.362 e. The molecule has 0 aliphatic carbocycles. The van der Waals surface area contributed by atoms with Crippen LogP contribution >= 0.6 is 0 Å². The number of amides is 1. The maximum atomic E-state index is 12.2. The summed E-state index contributed by atoms with van der Waals surface area (Å²) in [5.41, 5.74) is 7.43. The van der Waals surface area contributed by atoms with Gasteiger partial charge in [0.1, 0.15) is 0 Å². The first kappa shape index (κ1) is 15.1. The van der Waals surface area contributed by atoms with Gasteiger partial charge in [0.2, 0.25) is 5.91 Å². The second-order valence-corrected chi connectivity index (χ2v) is 4.81. The Labute approximate surface area is 125 Å². The van der Waals surface area contributed by atoms with E-state index >= 15 is 0 Å². The van der Waals surface area contributed by atoms with E-state index in [1.165, 1.54) is 0 Å². The van der Waals surface area contributed by atoms with Gasteiger partial charge < -0.3 is 16.0 Å². The fourth-order valence-corrected chi connectivity index (χ4v) is 2.12. The highest BCUT2D eigenvalue weighted by Gasteiger charge is 2.11. The number of para-hydroxylation sites is 2. The highest BCUT2D eigenvalue weighted by atomic mass is 16.2. The van der Waals surface area contributed by atoms with Gasteiger partial charge in [-0.1, -0.05) is 36.4 Å². The van der Waals surface area contributed by atoms with E-state index in [1.807, 2.05) is 65.6 Å². The molecule has 0 saturated heterocycles. The number of hydrogen-bond donors (Lipinski definition) is 2. The SMILES string of the molecule is NCCCN(CC(=O)Nc1ccccc1)c1ccccc1. The van der Waals surface area contributed by atoms with Crippen LogP contribution in [0.5, 0.6) is 0 Å². The Kier molecular flexibility index (Phi) is 5.79. The van der Waals surface area contributed by atoms with Crippen molar-refractivity contribution >= 4 is 17.3 Å². The normalized spacial score (nSPS) is 10.1. The molecule has 0 fully saturated rings. The number of hydrogen-bond acceptors (Lipinski definition) is 3. The molecular weight excluding hydrogens is 262 g/mol. The van der Waals surface area contributed by atoms with Gasteiger partial charge in [0.15, 0.2) is 0 Å². The van der Waals surface area contributed by atoms with Crippen molar-refractivity contribution in [1.29, 1.82) is 0 Å². The third-order valence-electron chi connectivity index (χ3n) is 3.15. The van der Waals surface area contributed by atoms with Gasteiger partial charge in [0.25, 0.3) is 0 Å². The Morgan fingerprint density at radius 3 is 2.24 bits per heavy atom. The number of nitrogens with zero attached hydrogens (tertiary/aromatic N) is 1. The molecule has 2 aromatic rings. The Morgan fingerprint density at radius 1 is 1.00 bits per heavy atom. The number of carbonyl (C=O) groups excluding carboxylic acids is 1. The van der Waals surface area contributed by atoms with Gasteiger partial charge >= 0.3 is 0 Å². The summed E-state index contributed by atoms with van der Waals surface area (Å²) in [5.74, 6) is -0.0259. The Bertz CT molecular complexity index is 542. The number of nitrogens with two attached hydrogens (primary N) is 1. The third-order valence-corrected chi connectivity index (χ3v) is 3.15. The van der Waals surface area contributed by atoms with Crippen molar-refractivity contribution in [3.05, 3.63) is 60.7 Å². The van der Waals surface area contributed by atoms with Crippen LogP contribution in [0.2, 0.25) is 0 Å². The third kappa shape index (κ3) is 4.93. The van der Waals surface area contributed by atoms with Crippen molar-refractivity contribution < 1.29 is 4.79 Å². The lowest BCUT2D eigenvalue weighted by molar-refractivity contribution is -0.115. The smallest absolute Gasteiger partial charge is 0.243 e. The van der Waals surface area contributed by atoms with Crippen molar-refractivity contribution in [3.63, 3.8) is 0 Å². The fourth-order valence-electron chi connectivity index (χ4n) is 2.12. The zero-order valence-corrected chi connectivity index (χ0v) is 12.0. The van der Waals surface area contributed by atoms with Gasteiger partial charge in [0, 0.05) is 17.9 Å². The largest absolute Gasteiger partial charge is 0.362 e. The van der Waals surface area contributed by atoms with Gasteiger partial charge in [0.05, 0.1) is 6.54 Å². The van der Waals surface area contributed by atoms with E-state index in [-0.39, 0.29) is 5.91 Å². The van der Waals surface area contributed by atoms with Crippen LogP contribution in [0.4, 0.5) is 11.4 Å². The predicted octanol–water partition coefficient (Wildman–Crippen LogP) is 2.48. The molecule has 4 heteroatoms. The highest BCUT2D eigenvalue weighted by molar-refractivity contribution is 5.94. The van der Waals surface area contributed by atoms with Gasteiger partial charge in [-0.15, -0.1) is 0 Å². The molecule has 21 heavy (non-hydrogen) atoms. The molecule has 0 atom stereocenters. The molecule has 0 radical (unpaired) electrons. The number of nitrogens with one attached hydrogen (secondary N) is 1. The molecule has 1 amide bonds. The van der Waals surface area contributed by atoms with Crippen LogP contribution in [0.15, 0.2) is 60.7 Å². The van der Waals surface area contributed by atoms with E-state index in [0.717, 1.165) is 24.3 Å². The molecule has 2 aromatic carbocycles. The molecule has 0 saturated carbocycles. The fraction of sp³-hybridized carbons (Fsp3) is 0.235. The minimum atomic E-state index is -0.0259. The summed E-state index contributed by atoms with van der Waals surface area (Å²) in [6.07, 6.45) is 0.855. The van der Waals surface area contributed by atoms with E-state index < -0.39 is 0 Å². The monoisotopic (exact) mass is 283 g/mol. The number of carbonyl (C=O) groups is 1. The van der Waals surface area contributed by atoms with Gasteiger partial charge in [-0.2, -0.15) is 0 Å². The van der Waals surface area contributed by atoms with Crippen LogP contribution in [0.25, 0.3) is 0 Å². The van der Waals surface area contributed by atoms with E-state index in [9.17, 15) is 4.79 Å². The van der Waals surface area contributed by atoms with Crippen LogP contribution in [0.3, 0.4) is 0 Å². The average Bonchev–Trinajstić information content (AvgIpc) is 2.53. The maximum absolute atomic E-state index is 12.2. The predicted molar refractivity (Wildman–Crippen MR) is 87.4 cm³/mol. The van der Waals surface area contributed by atoms with Gasteiger partial charge in [-0.3, -0.25) is 4.79 Å². The van der Waals surface area contributed by atoms with Crippen molar-refractivity contribution in [3.8, 4) is 0 Å². The summed E-state index contributed by atoms with van der Waals surface area (Å²) >= 11 is 0. The van der Waals surface area contributed by atoms with Crippen LogP contribution in [0.1, 0.15) is 6.42 Å². The number of anilines is 2. The molecule has 0 bridgehead atoms. The highest BCUT2D eigenvalue weighted by Crippen LogP contribution is 2.14. The Hall–Kier alpha value is -2.33. The summed E-state index contributed by atoms with van der Waals surface area (Å²) in [5, 5.41) is 2.91. The van der Waals surface area contributed by atoms with Crippen molar-refractivity contribution in [2.75, 3.05) is 29.9 Å². The quantitative estimate of drug-likeness (QED) is 0.820. The summed E-state index contributed by atoms with van der Waals surface area (Å²) < 4.78 is 0. The summed E-state index contributed by atoms with van der Waals surface area (Å²) in [6.45, 7) is 1.70. The molecular formula is C17H21N3O. The summed E-state index contributed by atoms with van der Waals surface area (Å²) in [4.78, 5) is 14.2. The van der Waals surface area contributed by atoms with Crippen molar-refractivity contribution in [1.82, 2.24) is 0 Å². The molecule has 0 aromatic heterocycles. The first-order chi connectivity index (χ1) is 10.3. The first-order valence-electron chi connectivity index (χ1n) is 7.14. The van der Waals surface area contributed by atoms with Gasteiger partial charge in [-0.25, -0.2) is 0 Å². The van der Waals surface area contributed by atoms with Crippen LogP contribution in [-0.2, 0) is 4.79 Å². The topological polar surface area (TPSA) is 58.4 Å². The van der Waals surface area contributed by atoms with Crippen molar-refractivity contribution in [2.45, 2.75) is 6.42 Å². The Morgan fingerprint density at radius 2 is 1.62 bits per heavy atom. The number of rotatable bonds is 7. The molecule has 0 aliphatic heterocycles. The zero-order valence-electron chi connectivity index (χ0n) is 12.0. The van der Waals surface area contributed by atoms with E-state index in [4.69, 9.17) is 5.73 Å². The molecule has 0 aliphatic rings. The van der Waals surface area contributed by atoms with E-state index in [1.54, 1.807) is 0 Å². The maximum Gasteiger partial charge on any atom is 0.243 e. The lowest BCUT2D eigenvalue weighted by Crippen LogP contribution is -2.34. The van der Waals surface area contributed by atoms with E-state index in [2.05, 4.69) is 5.32 Å². The molecule has 0 spiro atoms. The lowest BCUT2D eigenvalue weighted by atomic mass is 10.2. The standard InChI is InChI=1S/C17H21N3O/c18-12-7-13-20(16-10-5-2-6-11-16)14-17(21)19-15-8-3-1-4-9-15/h1-6,8-11H,7,12-14,18H2,(H,19,21). The molecule has 2 rings (SSSR count). The van der Waals surface area contributed by atoms with Crippen LogP contribution in [0, 0.1) is 0 Å². The summed E-state index contributed by atoms with van der Waals surface area (Å²) in [7, 11) is 0. The van der Waals surface area contributed by atoms with Gasteiger partial charge in [-0.05, 0) is 37.2 Å². The van der Waals surface area contributed by atoms with Crippen LogP contribution < -0.4 is 16.0 Å². The second kappa shape index (κ2) is 8.07. The first-order valence-corrected chi connectivity index (χ1v) is 7.14. The van der Waals surface area contributed by atoms with Crippen molar-refractivity contribution in [2.24, 2.45) is 5.73 Å². The average molecular weight is 283 g/mol. The minimum absolute atomic E-state index is 0.0259. The van der Waals surface area contributed by atoms with Crippen LogP contribution in [-0.4, -0.2) is 25.5 Å². The molecule has 110 valence electrons.